The van der Waals surface area contributed by atoms with Gasteiger partial charge in [0.15, 0.2) is 0 Å². The molecule has 1 fully saturated rings. The van der Waals surface area contributed by atoms with E-state index in [0.29, 0.717) is 24.5 Å². The van der Waals surface area contributed by atoms with Crippen LogP contribution >= 0.6 is 11.3 Å². The first kappa shape index (κ1) is 19.1. The van der Waals surface area contributed by atoms with Gasteiger partial charge in [-0.3, -0.25) is 9.69 Å². The number of carbonyl (C=O) groups is 1. The van der Waals surface area contributed by atoms with E-state index in [9.17, 15) is 4.79 Å². The number of benzene rings is 1. The average molecular weight is 372 g/mol. The first-order valence-electron chi connectivity index (χ1n) is 9.59. The van der Waals surface area contributed by atoms with Crippen molar-refractivity contribution in [3.05, 3.63) is 52.5 Å². The summed E-state index contributed by atoms with van der Waals surface area (Å²) >= 11 is 1.58. The van der Waals surface area contributed by atoms with Crippen LogP contribution in [0.5, 0.6) is 0 Å². The van der Waals surface area contributed by atoms with E-state index in [4.69, 9.17) is 0 Å². The largest absolute Gasteiger partial charge is 0.342 e. The highest BCUT2D eigenvalue weighted by Crippen LogP contribution is 2.31. The molecule has 3 unspecified atom stereocenters. The number of carbonyl (C=O) groups excluding carboxylic acids is 1. The van der Waals surface area contributed by atoms with E-state index in [2.05, 4.69) is 36.0 Å². The molecule has 1 aromatic carbocycles. The van der Waals surface area contributed by atoms with Crippen LogP contribution in [0.15, 0.2) is 41.9 Å². The van der Waals surface area contributed by atoms with Gasteiger partial charge in [0.1, 0.15) is 11.0 Å². The second-order valence-electron chi connectivity index (χ2n) is 7.31. The monoisotopic (exact) mass is 371 g/mol. The summed E-state index contributed by atoms with van der Waals surface area (Å²) in [5.74, 6) is 0.670. The molecule has 0 spiro atoms. The molecular formula is C21H29N3OS. The fourth-order valence-corrected chi connectivity index (χ4v) is 4.08. The third-order valence-electron chi connectivity index (χ3n) is 5.47. The molecule has 26 heavy (non-hydrogen) atoms. The highest BCUT2D eigenvalue weighted by atomic mass is 32.1. The van der Waals surface area contributed by atoms with Gasteiger partial charge in [-0.2, -0.15) is 0 Å². The molecule has 2 aromatic rings. The Morgan fingerprint density at radius 1 is 1.31 bits per heavy atom. The maximum atomic E-state index is 12.9. The lowest BCUT2D eigenvalue weighted by atomic mass is 9.99. The Labute approximate surface area is 160 Å². The van der Waals surface area contributed by atoms with Gasteiger partial charge in [-0.15, -0.1) is 11.3 Å². The van der Waals surface area contributed by atoms with Gasteiger partial charge in [-0.25, -0.2) is 4.98 Å². The van der Waals surface area contributed by atoms with Gasteiger partial charge < -0.3 is 5.32 Å². The molecule has 3 atom stereocenters. The van der Waals surface area contributed by atoms with Crippen LogP contribution < -0.4 is 5.32 Å². The quantitative estimate of drug-likeness (QED) is 0.717. The summed E-state index contributed by atoms with van der Waals surface area (Å²) in [5.41, 5.74) is 1.07. The molecule has 1 saturated carbocycles. The van der Waals surface area contributed by atoms with E-state index in [1.165, 1.54) is 12.8 Å². The molecule has 3 rings (SSSR count). The lowest BCUT2D eigenvalue weighted by Crippen LogP contribution is -2.46. The normalized spacial score (nSPS) is 17.7. The molecule has 4 nitrogen and oxygen atoms in total. The van der Waals surface area contributed by atoms with Crippen LogP contribution in [-0.2, 0) is 4.79 Å². The fourth-order valence-electron chi connectivity index (χ4n) is 3.36. The van der Waals surface area contributed by atoms with Crippen molar-refractivity contribution in [3.63, 3.8) is 0 Å². The molecule has 1 aliphatic carbocycles. The summed E-state index contributed by atoms with van der Waals surface area (Å²) in [6.45, 7) is 7.22. The van der Waals surface area contributed by atoms with Crippen molar-refractivity contribution in [3.8, 4) is 0 Å². The van der Waals surface area contributed by atoms with Crippen LogP contribution in [0.2, 0.25) is 0 Å². The number of rotatable bonds is 9. The summed E-state index contributed by atoms with van der Waals surface area (Å²) in [4.78, 5) is 19.7. The van der Waals surface area contributed by atoms with E-state index in [1.54, 1.807) is 17.5 Å². The third kappa shape index (κ3) is 4.71. The van der Waals surface area contributed by atoms with Crippen LogP contribution in [0, 0.1) is 5.92 Å². The number of amides is 1. The summed E-state index contributed by atoms with van der Waals surface area (Å²) in [6.07, 6.45) is 5.35. The maximum Gasteiger partial charge on any atom is 0.235 e. The van der Waals surface area contributed by atoms with Gasteiger partial charge in [0.05, 0.1) is 6.54 Å². The van der Waals surface area contributed by atoms with E-state index in [0.717, 1.165) is 17.0 Å². The molecule has 0 aliphatic heterocycles. The molecule has 0 radical (unpaired) electrons. The van der Waals surface area contributed by atoms with E-state index < -0.39 is 0 Å². The summed E-state index contributed by atoms with van der Waals surface area (Å²) in [5, 5.41) is 6.11. The third-order valence-corrected chi connectivity index (χ3v) is 6.31. The number of hydrogen-bond acceptors (Lipinski definition) is 4. The highest BCUT2D eigenvalue weighted by molar-refractivity contribution is 7.09. The number of thiazole rings is 1. The van der Waals surface area contributed by atoms with Gasteiger partial charge in [-0.1, -0.05) is 50.6 Å². The summed E-state index contributed by atoms with van der Waals surface area (Å²) in [6, 6.07) is 10.9. The zero-order valence-corrected chi connectivity index (χ0v) is 16.7. The van der Waals surface area contributed by atoms with Crippen molar-refractivity contribution < 1.29 is 4.79 Å². The summed E-state index contributed by atoms with van der Waals surface area (Å²) < 4.78 is 0. The highest BCUT2D eigenvalue weighted by Gasteiger charge is 2.35. The Balaban J connectivity index is 1.71. The number of nitrogens with one attached hydrogen (secondary N) is 1. The lowest BCUT2D eigenvalue weighted by molar-refractivity contribution is -0.123. The Bertz CT molecular complexity index is 685. The van der Waals surface area contributed by atoms with Crippen molar-refractivity contribution in [2.45, 2.75) is 58.2 Å². The second kappa shape index (κ2) is 8.78. The van der Waals surface area contributed by atoms with Crippen molar-refractivity contribution >= 4 is 17.2 Å². The Morgan fingerprint density at radius 2 is 2.04 bits per heavy atom. The standard InChI is InChI=1S/C21H29N3OS/c1-4-15(2)16(3)24(18-10-11-18)14-19(25)23-20(21-22-12-13-26-21)17-8-6-5-7-9-17/h5-9,12-13,15-16,18,20H,4,10-11,14H2,1-3H3,(H,23,25). The van der Waals surface area contributed by atoms with Gasteiger partial charge >= 0.3 is 0 Å². The van der Waals surface area contributed by atoms with Crippen LogP contribution in [0.4, 0.5) is 0 Å². The molecule has 140 valence electrons. The molecule has 1 heterocycles. The minimum atomic E-state index is -0.177. The first-order chi connectivity index (χ1) is 12.6. The van der Waals surface area contributed by atoms with Crippen molar-refractivity contribution in [1.82, 2.24) is 15.2 Å². The first-order valence-corrected chi connectivity index (χ1v) is 10.5. The van der Waals surface area contributed by atoms with Gasteiger partial charge in [0, 0.05) is 23.7 Å². The number of hydrogen-bond donors (Lipinski definition) is 1. The molecular weight excluding hydrogens is 342 g/mol. The minimum absolute atomic E-state index is 0.0797. The fraction of sp³-hybridized carbons (Fsp3) is 0.524. The van der Waals surface area contributed by atoms with E-state index >= 15 is 0 Å². The van der Waals surface area contributed by atoms with E-state index in [1.807, 2.05) is 35.7 Å². The van der Waals surface area contributed by atoms with Crippen LogP contribution in [0.25, 0.3) is 0 Å². The lowest BCUT2D eigenvalue weighted by Gasteiger charge is -2.33. The van der Waals surface area contributed by atoms with E-state index in [-0.39, 0.29) is 11.9 Å². The number of aromatic nitrogens is 1. The molecule has 1 amide bonds. The van der Waals surface area contributed by atoms with Gasteiger partial charge in [0.2, 0.25) is 5.91 Å². The zero-order valence-electron chi connectivity index (χ0n) is 15.9. The van der Waals surface area contributed by atoms with Gasteiger partial charge in [-0.05, 0) is 31.2 Å². The predicted molar refractivity (Wildman–Crippen MR) is 107 cm³/mol. The van der Waals surface area contributed by atoms with Crippen LogP contribution in [-0.4, -0.2) is 34.4 Å². The Kier molecular flexibility index (Phi) is 6.43. The topological polar surface area (TPSA) is 45.2 Å². The Morgan fingerprint density at radius 3 is 2.62 bits per heavy atom. The van der Waals surface area contributed by atoms with Crippen LogP contribution in [0.1, 0.15) is 56.6 Å². The minimum Gasteiger partial charge on any atom is -0.342 e. The zero-order chi connectivity index (χ0) is 18.5. The molecule has 0 bridgehead atoms. The molecule has 1 aliphatic rings. The number of nitrogens with zero attached hydrogens (tertiary/aromatic N) is 2. The average Bonchev–Trinajstić information content (AvgIpc) is 3.37. The molecule has 5 heteroatoms. The molecule has 0 saturated heterocycles. The maximum absolute atomic E-state index is 12.9. The Hall–Kier alpha value is -1.72. The smallest absolute Gasteiger partial charge is 0.235 e. The molecule has 1 aromatic heterocycles. The van der Waals surface area contributed by atoms with Crippen molar-refractivity contribution in [1.29, 1.82) is 0 Å². The van der Waals surface area contributed by atoms with Gasteiger partial charge in [0.25, 0.3) is 0 Å². The van der Waals surface area contributed by atoms with Crippen molar-refractivity contribution in [2.75, 3.05) is 6.54 Å². The van der Waals surface area contributed by atoms with Crippen LogP contribution in [0.3, 0.4) is 0 Å². The molecule has 1 N–H and O–H groups in total. The van der Waals surface area contributed by atoms with Crippen molar-refractivity contribution in [2.24, 2.45) is 5.92 Å². The predicted octanol–water partition coefficient (Wildman–Crippen LogP) is 4.25. The second-order valence-corrected chi connectivity index (χ2v) is 8.24. The SMILES string of the molecule is CCC(C)C(C)N(CC(=O)NC(c1ccccc1)c1nccs1)C1CC1. The summed E-state index contributed by atoms with van der Waals surface area (Å²) in [7, 11) is 0.